The Morgan fingerprint density at radius 3 is 2.26 bits per heavy atom. The fraction of sp³-hybridized carbons (Fsp3) is 0.393. The molecule has 0 aliphatic rings. The molecule has 0 unspecified atom stereocenters. The number of imidazole rings is 2. The molecule has 0 aliphatic carbocycles. The van der Waals surface area contributed by atoms with Gasteiger partial charge in [-0.15, -0.1) is 0 Å². The lowest BCUT2D eigenvalue weighted by Crippen LogP contribution is -2.21. The van der Waals surface area contributed by atoms with Gasteiger partial charge >= 0.3 is 5.97 Å². The first-order valence-electron chi connectivity index (χ1n) is 12.6. The monoisotopic (exact) mass is 472 g/mol. The van der Waals surface area contributed by atoms with Gasteiger partial charge in [-0.05, 0) is 37.1 Å². The molecule has 0 saturated carbocycles. The van der Waals surface area contributed by atoms with E-state index in [1.54, 1.807) is 6.07 Å². The Labute approximate surface area is 203 Å². The fourth-order valence-electron chi connectivity index (χ4n) is 5.10. The molecule has 5 aromatic rings. The first kappa shape index (κ1) is 23.1. The summed E-state index contributed by atoms with van der Waals surface area (Å²) in [4.78, 5) is 31.2. The van der Waals surface area contributed by atoms with E-state index in [4.69, 9.17) is 9.72 Å². The predicted molar refractivity (Wildman–Crippen MR) is 140 cm³/mol. The van der Waals surface area contributed by atoms with Gasteiger partial charge in [-0.25, -0.2) is 9.78 Å². The van der Waals surface area contributed by atoms with E-state index in [2.05, 4.69) is 22.8 Å². The molecule has 5 rings (SSSR count). The molecule has 0 spiro atoms. The lowest BCUT2D eigenvalue weighted by Gasteiger charge is -2.11. The maximum absolute atomic E-state index is 13.7. The minimum atomic E-state index is -0.381. The number of aryl methyl sites for hydroxylation is 2. The van der Waals surface area contributed by atoms with Crippen LogP contribution < -0.4 is 5.56 Å². The third-order valence-electron chi connectivity index (χ3n) is 6.89. The summed E-state index contributed by atoms with van der Waals surface area (Å²) in [6.07, 6.45) is 6.32. The van der Waals surface area contributed by atoms with Crippen molar-refractivity contribution in [3.63, 3.8) is 0 Å². The highest BCUT2D eigenvalue weighted by Crippen LogP contribution is 2.30. The summed E-state index contributed by atoms with van der Waals surface area (Å²) in [5, 5.41) is 1.55. The predicted octanol–water partition coefficient (Wildman–Crippen LogP) is 5.92. The number of fused-ring (bicyclic) bond motifs is 7. The van der Waals surface area contributed by atoms with Crippen LogP contribution in [0.3, 0.4) is 0 Å². The number of rotatable bonds is 9. The van der Waals surface area contributed by atoms with Crippen molar-refractivity contribution in [2.75, 3.05) is 7.11 Å². The third-order valence-corrected chi connectivity index (χ3v) is 6.89. The number of methoxy groups -OCH3 is 1. The quantitative estimate of drug-likeness (QED) is 0.197. The number of carbonyl (C=O) groups excluding carboxylic acids is 1. The number of benzene rings is 2. The standard InChI is InChI=1S/C28H32N4O3/c1-4-6-10-16-30-22-15-14-19(27(34)35-3)18-23(22)32-25-24(29-28(30)32)20-12-8-9-13-21(20)26(33)31(25)17-11-7-5-2/h8-9,12-15,18H,4-7,10-11,16-17H2,1-3H3. The van der Waals surface area contributed by atoms with Crippen LogP contribution in [0, 0.1) is 0 Å². The van der Waals surface area contributed by atoms with Crippen LogP contribution in [0.2, 0.25) is 0 Å². The van der Waals surface area contributed by atoms with Crippen molar-refractivity contribution in [1.82, 2.24) is 18.5 Å². The van der Waals surface area contributed by atoms with E-state index < -0.39 is 0 Å². The Morgan fingerprint density at radius 1 is 0.886 bits per heavy atom. The van der Waals surface area contributed by atoms with Crippen LogP contribution in [0.4, 0.5) is 0 Å². The molecular weight excluding hydrogens is 440 g/mol. The smallest absolute Gasteiger partial charge is 0.337 e. The molecule has 7 nitrogen and oxygen atoms in total. The molecule has 3 heterocycles. The zero-order valence-electron chi connectivity index (χ0n) is 20.7. The first-order valence-corrected chi connectivity index (χ1v) is 12.6. The lowest BCUT2D eigenvalue weighted by molar-refractivity contribution is 0.0601. The Balaban J connectivity index is 1.91. The first-order chi connectivity index (χ1) is 17.1. The van der Waals surface area contributed by atoms with Crippen LogP contribution in [0.25, 0.3) is 38.7 Å². The summed E-state index contributed by atoms with van der Waals surface area (Å²) in [7, 11) is 1.39. The molecule has 0 atom stereocenters. The Hall–Kier alpha value is -3.61. The number of carbonyl (C=O) groups is 1. The van der Waals surface area contributed by atoms with Gasteiger partial charge in [0.1, 0.15) is 11.2 Å². The van der Waals surface area contributed by atoms with Crippen LogP contribution in [0.1, 0.15) is 62.7 Å². The third kappa shape index (κ3) is 3.79. The molecule has 182 valence electrons. The van der Waals surface area contributed by atoms with Crippen LogP contribution in [-0.4, -0.2) is 31.6 Å². The van der Waals surface area contributed by atoms with E-state index in [9.17, 15) is 9.59 Å². The topological polar surface area (TPSA) is 70.5 Å². The van der Waals surface area contributed by atoms with Gasteiger partial charge < -0.3 is 9.30 Å². The molecule has 0 amide bonds. The summed E-state index contributed by atoms with van der Waals surface area (Å²) in [5.41, 5.74) is 3.96. The van der Waals surface area contributed by atoms with Gasteiger partial charge in [0.2, 0.25) is 5.78 Å². The highest BCUT2D eigenvalue weighted by molar-refractivity contribution is 6.05. The number of hydrogen-bond acceptors (Lipinski definition) is 4. The van der Waals surface area contributed by atoms with E-state index in [-0.39, 0.29) is 11.5 Å². The summed E-state index contributed by atoms with van der Waals surface area (Å²) >= 11 is 0. The molecule has 0 aliphatic heterocycles. The van der Waals surface area contributed by atoms with Crippen molar-refractivity contribution in [2.24, 2.45) is 0 Å². The Bertz CT molecular complexity index is 1610. The summed E-state index contributed by atoms with van der Waals surface area (Å²) in [6.45, 7) is 5.80. The molecular formula is C28H32N4O3. The number of ether oxygens (including phenoxy) is 1. The van der Waals surface area contributed by atoms with Crippen molar-refractivity contribution in [2.45, 2.75) is 65.5 Å². The molecule has 0 bridgehead atoms. The van der Waals surface area contributed by atoms with Gasteiger partial charge in [-0.2, -0.15) is 0 Å². The second kappa shape index (κ2) is 9.56. The molecule has 0 saturated heterocycles. The van der Waals surface area contributed by atoms with Gasteiger partial charge in [-0.1, -0.05) is 57.7 Å². The molecule has 3 aromatic heterocycles. The van der Waals surface area contributed by atoms with Gasteiger partial charge in [0.25, 0.3) is 5.56 Å². The molecule has 0 N–H and O–H groups in total. The van der Waals surface area contributed by atoms with Crippen LogP contribution in [-0.2, 0) is 17.8 Å². The van der Waals surface area contributed by atoms with Gasteiger partial charge in [0.05, 0.1) is 23.7 Å². The highest BCUT2D eigenvalue weighted by atomic mass is 16.5. The molecule has 0 radical (unpaired) electrons. The minimum absolute atomic E-state index is 0.00186. The van der Waals surface area contributed by atoms with E-state index in [0.29, 0.717) is 17.5 Å². The van der Waals surface area contributed by atoms with E-state index >= 15 is 0 Å². The largest absolute Gasteiger partial charge is 0.465 e. The van der Waals surface area contributed by atoms with Crippen molar-refractivity contribution in [1.29, 1.82) is 0 Å². The number of aromatic nitrogens is 4. The van der Waals surface area contributed by atoms with E-state index in [1.807, 2.05) is 41.0 Å². The van der Waals surface area contributed by atoms with Crippen LogP contribution in [0.5, 0.6) is 0 Å². The van der Waals surface area contributed by atoms with E-state index in [0.717, 1.165) is 78.4 Å². The number of hydrogen-bond donors (Lipinski definition) is 0. The number of pyridine rings is 1. The summed E-state index contributed by atoms with van der Waals surface area (Å²) in [5.74, 6) is 0.419. The molecule has 0 fully saturated rings. The normalized spacial score (nSPS) is 11.9. The average molecular weight is 473 g/mol. The summed E-state index contributed by atoms with van der Waals surface area (Å²) in [6, 6.07) is 13.4. The lowest BCUT2D eigenvalue weighted by atomic mass is 10.1. The maximum atomic E-state index is 13.7. The molecule has 2 aromatic carbocycles. The average Bonchev–Trinajstić information content (AvgIpc) is 3.41. The van der Waals surface area contributed by atoms with Crippen molar-refractivity contribution in [3.8, 4) is 0 Å². The number of esters is 1. The molecule has 7 heteroatoms. The van der Waals surface area contributed by atoms with Gasteiger partial charge in [0.15, 0.2) is 0 Å². The van der Waals surface area contributed by atoms with Crippen molar-refractivity contribution >= 4 is 44.7 Å². The highest BCUT2D eigenvalue weighted by Gasteiger charge is 2.22. The molecule has 35 heavy (non-hydrogen) atoms. The van der Waals surface area contributed by atoms with Gasteiger partial charge in [-0.3, -0.25) is 13.8 Å². The van der Waals surface area contributed by atoms with E-state index in [1.165, 1.54) is 7.11 Å². The van der Waals surface area contributed by atoms with Crippen LogP contribution >= 0.6 is 0 Å². The Morgan fingerprint density at radius 2 is 1.57 bits per heavy atom. The van der Waals surface area contributed by atoms with Crippen LogP contribution in [0.15, 0.2) is 47.3 Å². The van der Waals surface area contributed by atoms with Gasteiger partial charge in [0, 0.05) is 23.9 Å². The second-order valence-corrected chi connectivity index (χ2v) is 9.18. The number of nitrogens with zero attached hydrogens (tertiary/aromatic N) is 4. The second-order valence-electron chi connectivity index (χ2n) is 9.18. The summed E-state index contributed by atoms with van der Waals surface area (Å²) < 4.78 is 11.2. The van der Waals surface area contributed by atoms with Crippen molar-refractivity contribution in [3.05, 3.63) is 58.4 Å². The minimum Gasteiger partial charge on any atom is -0.465 e. The SMILES string of the molecule is CCCCCn1c(=O)c2ccccc2c2nc3n(CCCCC)c4ccc(C(=O)OC)cc4n3c21. The Kier molecular flexibility index (Phi) is 6.32. The zero-order chi connectivity index (χ0) is 24.5. The zero-order valence-corrected chi connectivity index (χ0v) is 20.7. The van der Waals surface area contributed by atoms with Crippen molar-refractivity contribution < 1.29 is 9.53 Å². The number of unbranched alkanes of at least 4 members (excludes halogenated alkanes) is 4. The maximum Gasteiger partial charge on any atom is 0.337 e. The fourth-order valence-corrected chi connectivity index (χ4v) is 5.10.